The Morgan fingerprint density at radius 3 is 2.71 bits per heavy atom. The lowest BCUT2D eigenvalue weighted by atomic mass is 9.71. The smallest absolute Gasteiger partial charge is 0.310 e. The second-order valence-corrected chi connectivity index (χ2v) is 11.5. The number of esters is 1. The molecule has 2 bridgehead atoms. The third kappa shape index (κ3) is 5.63. The molecule has 0 aromatic rings. The van der Waals surface area contributed by atoms with Crippen molar-refractivity contribution < 1.29 is 24.2 Å². The highest BCUT2D eigenvalue weighted by atomic mass is 32.2. The van der Waals surface area contributed by atoms with Gasteiger partial charge in [0.2, 0.25) is 11.8 Å². The van der Waals surface area contributed by atoms with Gasteiger partial charge in [0.05, 0.1) is 23.2 Å². The van der Waals surface area contributed by atoms with Crippen LogP contribution in [0.4, 0.5) is 0 Å². The number of rotatable bonds is 16. The van der Waals surface area contributed by atoms with Crippen LogP contribution in [0.1, 0.15) is 64.7 Å². The minimum Gasteiger partial charge on any atom is -0.465 e. The van der Waals surface area contributed by atoms with Crippen LogP contribution >= 0.6 is 11.8 Å². The number of nitrogens with zero attached hydrogens (tertiary/aromatic N) is 2. The molecule has 3 rings (SSSR count). The average molecular weight is 507 g/mol. The summed E-state index contributed by atoms with van der Waals surface area (Å²) in [6, 6.07) is -0.587. The highest BCUT2D eigenvalue weighted by Crippen LogP contribution is 2.66. The summed E-state index contributed by atoms with van der Waals surface area (Å²) in [5, 5.41) is 9.31. The van der Waals surface area contributed by atoms with Crippen molar-refractivity contribution in [1.82, 2.24) is 9.80 Å². The predicted octanol–water partition coefficient (Wildman–Crippen LogP) is 3.56. The van der Waals surface area contributed by atoms with E-state index in [1.807, 2.05) is 11.0 Å². The monoisotopic (exact) mass is 506 g/mol. The number of carbonyl (C=O) groups is 3. The van der Waals surface area contributed by atoms with Crippen LogP contribution in [0.3, 0.4) is 0 Å². The molecule has 3 aliphatic heterocycles. The molecule has 35 heavy (non-hydrogen) atoms. The van der Waals surface area contributed by atoms with Crippen molar-refractivity contribution in [2.75, 3.05) is 32.8 Å². The van der Waals surface area contributed by atoms with E-state index < -0.39 is 22.6 Å². The summed E-state index contributed by atoms with van der Waals surface area (Å²) in [5.74, 6) is -1.45. The topological polar surface area (TPSA) is 87.1 Å². The van der Waals surface area contributed by atoms with Gasteiger partial charge in [-0.2, -0.15) is 0 Å². The molecule has 3 heterocycles. The Bertz CT molecular complexity index is 790. The first-order chi connectivity index (χ1) is 17.0. The zero-order valence-electron chi connectivity index (χ0n) is 21.2. The molecule has 0 radical (unpaired) electrons. The van der Waals surface area contributed by atoms with Gasteiger partial charge in [-0.3, -0.25) is 14.4 Å². The van der Waals surface area contributed by atoms with Crippen LogP contribution in [0.5, 0.6) is 0 Å². The van der Waals surface area contributed by atoms with E-state index in [0.29, 0.717) is 39.1 Å². The first-order valence-corrected chi connectivity index (χ1v) is 14.1. The number of likely N-dealkylation sites (tertiary alicyclic amines) is 1. The fourth-order valence-corrected chi connectivity index (χ4v) is 8.16. The average Bonchev–Trinajstić information content (AvgIpc) is 3.49. The molecule has 3 fully saturated rings. The number of unbranched alkanes of at least 4 members (excludes halogenated alkanes) is 4. The number of aliphatic hydroxyl groups is 1. The zero-order chi connectivity index (χ0) is 25.4. The van der Waals surface area contributed by atoms with Gasteiger partial charge in [0.25, 0.3) is 0 Å². The lowest BCUT2D eigenvalue weighted by Gasteiger charge is -2.37. The Kier molecular flexibility index (Phi) is 10.3. The van der Waals surface area contributed by atoms with Gasteiger partial charge >= 0.3 is 5.97 Å². The van der Waals surface area contributed by atoms with Crippen molar-refractivity contribution in [3.05, 3.63) is 25.3 Å². The molecule has 7 nitrogen and oxygen atoms in total. The maximum absolute atomic E-state index is 14.0. The summed E-state index contributed by atoms with van der Waals surface area (Å²) in [4.78, 5) is 44.6. The lowest BCUT2D eigenvalue weighted by molar-refractivity contribution is -0.154. The number of hydrogen-bond acceptors (Lipinski definition) is 6. The first kappa shape index (κ1) is 27.8. The van der Waals surface area contributed by atoms with Crippen LogP contribution in [0.15, 0.2) is 25.3 Å². The maximum atomic E-state index is 14.0. The second kappa shape index (κ2) is 12.9. The van der Waals surface area contributed by atoms with Gasteiger partial charge in [-0.1, -0.05) is 25.5 Å². The van der Waals surface area contributed by atoms with Crippen molar-refractivity contribution >= 4 is 29.5 Å². The number of aliphatic hydroxyl groups excluding tert-OH is 1. The molecule has 2 amide bonds. The summed E-state index contributed by atoms with van der Waals surface area (Å²) in [6.45, 7) is 11.5. The van der Waals surface area contributed by atoms with Crippen LogP contribution in [0.25, 0.3) is 0 Å². The molecule has 2 unspecified atom stereocenters. The largest absolute Gasteiger partial charge is 0.465 e. The summed E-state index contributed by atoms with van der Waals surface area (Å²) in [5.41, 5.74) is 0. The van der Waals surface area contributed by atoms with Crippen molar-refractivity contribution in [1.29, 1.82) is 0 Å². The molecule has 196 valence electrons. The van der Waals surface area contributed by atoms with Crippen molar-refractivity contribution in [2.45, 2.75) is 80.7 Å². The Balaban J connectivity index is 1.85. The van der Waals surface area contributed by atoms with Crippen molar-refractivity contribution in [3.63, 3.8) is 0 Å². The SMILES string of the molecule is C=CCCCCOC(=O)[C@@H]1[C@H]2C(=O)N(CCCCO)C(C(=O)N(CC=C)CCCC)C23CC[C@H]1S3. The standard InChI is InChI=1S/C27H42N2O5S/c1-4-7-9-12-19-34-26(33)21-20-13-14-27(35-20)22(21)24(31)29(17-10-11-18-30)23(27)25(32)28(15-6-3)16-8-5-2/h4,6,20-23,30H,1,3,5,7-19H2,2H3/t20-,21+,22+,23?,27?/m1/s1. The summed E-state index contributed by atoms with van der Waals surface area (Å²) < 4.78 is 5.06. The molecule has 0 aromatic carbocycles. The van der Waals surface area contributed by atoms with Crippen molar-refractivity contribution in [2.24, 2.45) is 11.8 Å². The quantitative estimate of drug-likeness (QED) is 0.196. The molecule has 0 aromatic heterocycles. The van der Waals surface area contributed by atoms with Gasteiger partial charge < -0.3 is 19.6 Å². The van der Waals surface area contributed by atoms with E-state index >= 15 is 0 Å². The predicted molar refractivity (Wildman–Crippen MR) is 139 cm³/mol. The van der Waals surface area contributed by atoms with Crippen LogP contribution in [-0.4, -0.2) is 81.6 Å². The molecular weight excluding hydrogens is 464 g/mol. The molecule has 0 saturated carbocycles. The number of hydrogen-bond donors (Lipinski definition) is 1. The fraction of sp³-hybridized carbons (Fsp3) is 0.741. The molecule has 3 saturated heterocycles. The summed E-state index contributed by atoms with van der Waals surface area (Å²) in [7, 11) is 0. The molecule has 5 atom stereocenters. The van der Waals surface area contributed by atoms with Gasteiger partial charge in [0.15, 0.2) is 0 Å². The maximum Gasteiger partial charge on any atom is 0.310 e. The minimum atomic E-state index is -0.587. The molecule has 0 aliphatic carbocycles. The number of fused-ring (bicyclic) bond motifs is 1. The van der Waals surface area contributed by atoms with E-state index in [4.69, 9.17) is 4.74 Å². The number of thioether (sulfide) groups is 1. The second-order valence-electron chi connectivity index (χ2n) is 9.90. The number of allylic oxidation sites excluding steroid dienone is 1. The van der Waals surface area contributed by atoms with Crippen LogP contribution < -0.4 is 0 Å². The van der Waals surface area contributed by atoms with E-state index in [1.54, 1.807) is 22.7 Å². The number of ether oxygens (including phenoxy) is 1. The molecule has 1 spiro atoms. The van der Waals surface area contributed by atoms with E-state index in [-0.39, 0.29) is 29.6 Å². The van der Waals surface area contributed by atoms with E-state index in [0.717, 1.165) is 44.9 Å². The zero-order valence-corrected chi connectivity index (χ0v) is 22.0. The van der Waals surface area contributed by atoms with Gasteiger partial charge in [0, 0.05) is 31.5 Å². The Labute approximate surface area is 214 Å². The summed E-state index contributed by atoms with van der Waals surface area (Å²) in [6.07, 6.45) is 10.8. The Morgan fingerprint density at radius 1 is 1.23 bits per heavy atom. The highest BCUT2D eigenvalue weighted by Gasteiger charge is 2.74. The lowest BCUT2D eigenvalue weighted by Crippen LogP contribution is -2.55. The van der Waals surface area contributed by atoms with Crippen LogP contribution in [0, 0.1) is 11.8 Å². The van der Waals surface area contributed by atoms with Gasteiger partial charge in [-0.05, 0) is 51.4 Å². The highest BCUT2D eigenvalue weighted by molar-refractivity contribution is 8.02. The normalized spacial score (nSPS) is 28.7. The van der Waals surface area contributed by atoms with Gasteiger partial charge in [0.1, 0.15) is 6.04 Å². The van der Waals surface area contributed by atoms with E-state index in [9.17, 15) is 19.5 Å². The fourth-order valence-electron chi connectivity index (χ4n) is 5.96. The Hall–Kier alpha value is -1.80. The number of carbonyl (C=O) groups excluding carboxylic acids is 3. The Morgan fingerprint density at radius 2 is 2.03 bits per heavy atom. The number of amides is 2. The molecule has 8 heteroatoms. The third-order valence-electron chi connectivity index (χ3n) is 7.60. The molecule has 3 aliphatic rings. The molecular formula is C27H42N2O5S. The van der Waals surface area contributed by atoms with Crippen LogP contribution in [-0.2, 0) is 19.1 Å². The first-order valence-electron chi connectivity index (χ1n) is 13.2. The third-order valence-corrected chi connectivity index (χ3v) is 9.55. The van der Waals surface area contributed by atoms with Gasteiger partial charge in [-0.15, -0.1) is 24.9 Å². The van der Waals surface area contributed by atoms with Gasteiger partial charge in [-0.25, -0.2) is 0 Å². The van der Waals surface area contributed by atoms with Crippen molar-refractivity contribution in [3.8, 4) is 0 Å². The van der Waals surface area contributed by atoms with Crippen LogP contribution in [0.2, 0.25) is 0 Å². The molecule has 1 N–H and O–H groups in total. The minimum absolute atomic E-state index is 0.0167. The van der Waals surface area contributed by atoms with E-state index in [1.165, 1.54) is 0 Å². The summed E-state index contributed by atoms with van der Waals surface area (Å²) >= 11 is 1.68. The van der Waals surface area contributed by atoms with E-state index in [2.05, 4.69) is 20.1 Å².